The maximum atomic E-state index is 12.1. The summed E-state index contributed by atoms with van der Waals surface area (Å²) in [5.74, 6) is 0.437. The van der Waals surface area contributed by atoms with Crippen LogP contribution in [0.25, 0.3) is 0 Å². The number of aromatic nitrogens is 4. The lowest BCUT2D eigenvalue weighted by Gasteiger charge is -2.10. The fourth-order valence-electron chi connectivity index (χ4n) is 1.37. The van der Waals surface area contributed by atoms with Gasteiger partial charge >= 0.3 is 0 Å². The van der Waals surface area contributed by atoms with Gasteiger partial charge < -0.3 is 0 Å². The second-order valence-corrected chi connectivity index (χ2v) is 7.04. The normalized spacial score (nSPS) is 13.7. The smallest absolute Gasteiger partial charge is 0.252 e. The lowest BCUT2D eigenvalue weighted by atomic mass is 10.3. The van der Waals surface area contributed by atoms with E-state index in [1.165, 1.54) is 6.33 Å². The number of nitrogens with one attached hydrogen (secondary N) is 2. The molecule has 98 valence electrons. The second kappa shape index (κ2) is 4.92. The highest BCUT2D eigenvalue weighted by Crippen LogP contribution is 2.27. The zero-order chi connectivity index (χ0) is 13.3. The van der Waals surface area contributed by atoms with Gasteiger partial charge in [-0.2, -0.15) is 9.82 Å². The molecule has 0 radical (unpaired) electrons. The van der Waals surface area contributed by atoms with Crippen molar-refractivity contribution in [3.63, 3.8) is 0 Å². The van der Waals surface area contributed by atoms with Crippen LogP contribution < -0.4 is 4.72 Å². The first-order chi connectivity index (χ1) is 8.40. The minimum Gasteiger partial charge on any atom is -0.262 e. The van der Waals surface area contributed by atoms with Gasteiger partial charge in [0, 0.05) is 0 Å². The molecule has 2 rings (SSSR count). The van der Waals surface area contributed by atoms with Crippen LogP contribution in [0.1, 0.15) is 24.5 Å². The Balaban J connectivity index is 2.25. The Labute approximate surface area is 113 Å². The first kappa shape index (κ1) is 13.4. The molecule has 0 aromatic carbocycles. The highest BCUT2D eigenvalue weighted by molar-refractivity contribution is 7.91. The van der Waals surface area contributed by atoms with Gasteiger partial charge in [-0.15, -0.1) is 0 Å². The van der Waals surface area contributed by atoms with Gasteiger partial charge in [0.25, 0.3) is 10.0 Å². The van der Waals surface area contributed by atoms with Gasteiger partial charge in [-0.1, -0.05) is 22.9 Å². The number of nitrogens with zero attached hydrogens (tertiary/aromatic N) is 3. The number of sulfonamides is 1. The van der Waals surface area contributed by atoms with Crippen LogP contribution in [-0.4, -0.2) is 28.6 Å². The Morgan fingerprint density at radius 3 is 2.78 bits per heavy atom. The highest BCUT2D eigenvalue weighted by Gasteiger charge is 2.24. The number of hydrogen-bond acceptors (Lipinski definition) is 6. The van der Waals surface area contributed by atoms with Crippen LogP contribution in [0.2, 0.25) is 4.47 Å². The Morgan fingerprint density at radius 2 is 2.28 bits per heavy atom. The molecular weight excluding hydrogens is 298 g/mol. The summed E-state index contributed by atoms with van der Waals surface area (Å²) >= 11 is 6.61. The van der Waals surface area contributed by atoms with Gasteiger partial charge in [-0.05, 0) is 13.8 Å². The number of rotatable bonds is 4. The van der Waals surface area contributed by atoms with Crippen molar-refractivity contribution in [3.05, 3.63) is 22.3 Å². The van der Waals surface area contributed by atoms with Crippen LogP contribution in [0.5, 0.6) is 0 Å². The largest absolute Gasteiger partial charge is 0.262 e. The zero-order valence-corrected chi connectivity index (χ0v) is 11.9. The lowest BCUT2D eigenvalue weighted by molar-refractivity contribution is 0.561. The van der Waals surface area contributed by atoms with Gasteiger partial charge in [0.15, 0.2) is 8.68 Å². The molecule has 7 nitrogen and oxygen atoms in total. The van der Waals surface area contributed by atoms with Crippen LogP contribution in [0.15, 0.2) is 10.5 Å². The van der Waals surface area contributed by atoms with E-state index in [4.69, 9.17) is 11.6 Å². The van der Waals surface area contributed by atoms with E-state index in [2.05, 4.69) is 24.9 Å². The first-order valence-corrected chi connectivity index (χ1v) is 7.58. The summed E-state index contributed by atoms with van der Waals surface area (Å²) in [5.41, 5.74) is 0.377. The molecule has 1 atom stereocenters. The van der Waals surface area contributed by atoms with Crippen LogP contribution in [0.4, 0.5) is 0 Å². The quantitative estimate of drug-likeness (QED) is 0.885. The zero-order valence-electron chi connectivity index (χ0n) is 9.51. The summed E-state index contributed by atoms with van der Waals surface area (Å²) in [6.45, 7) is 3.26. The average molecular weight is 308 g/mol. The molecule has 2 heterocycles. The summed E-state index contributed by atoms with van der Waals surface area (Å²) in [6, 6.07) is -0.516. The molecule has 0 saturated heterocycles. The summed E-state index contributed by atoms with van der Waals surface area (Å²) in [7, 11) is -3.66. The van der Waals surface area contributed by atoms with E-state index < -0.39 is 16.1 Å². The summed E-state index contributed by atoms with van der Waals surface area (Å²) in [4.78, 5) is 7.77. The minimum atomic E-state index is -3.66. The third kappa shape index (κ3) is 2.69. The molecular formula is C8H10ClN5O2S2. The van der Waals surface area contributed by atoms with Gasteiger partial charge in [0.1, 0.15) is 12.2 Å². The van der Waals surface area contributed by atoms with Crippen molar-refractivity contribution in [3.8, 4) is 0 Å². The molecule has 0 bridgehead atoms. The number of H-pyrrole nitrogens is 1. The molecule has 0 aliphatic rings. The summed E-state index contributed by atoms with van der Waals surface area (Å²) < 4.78 is 27.0. The number of halogens is 1. The number of hydrogen-bond donors (Lipinski definition) is 2. The third-order valence-electron chi connectivity index (χ3n) is 2.15. The Morgan fingerprint density at radius 1 is 1.56 bits per heavy atom. The maximum Gasteiger partial charge on any atom is 0.252 e. The molecule has 0 fully saturated rings. The fraction of sp³-hybridized carbons (Fsp3) is 0.375. The first-order valence-electron chi connectivity index (χ1n) is 4.90. The molecule has 10 heteroatoms. The van der Waals surface area contributed by atoms with E-state index in [0.717, 1.165) is 11.3 Å². The Hall–Kier alpha value is -1.03. The molecule has 0 saturated carbocycles. The van der Waals surface area contributed by atoms with E-state index in [0.29, 0.717) is 11.5 Å². The fourth-order valence-corrected chi connectivity index (χ4v) is 4.33. The van der Waals surface area contributed by atoms with Gasteiger partial charge in [-0.25, -0.2) is 18.4 Å². The van der Waals surface area contributed by atoms with Crippen molar-refractivity contribution >= 4 is 33.0 Å². The third-order valence-corrected chi connectivity index (χ3v) is 5.56. The molecule has 0 aliphatic heterocycles. The maximum absolute atomic E-state index is 12.1. The van der Waals surface area contributed by atoms with E-state index in [1.54, 1.807) is 13.8 Å². The van der Waals surface area contributed by atoms with Crippen molar-refractivity contribution < 1.29 is 8.42 Å². The van der Waals surface area contributed by atoms with E-state index in [9.17, 15) is 8.42 Å². The monoisotopic (exact) mass is 307 g/mol. The van der Waals surface area contributed by atoms with Crippen molar-refractivity contribution in [2.45, 2.75) is 24.1 Å². The molecule has 18 heavy (non-hydrogen) atoms. The predicted octanol–water partition coefficient (Wildman–Crippen LogP) is 1.26. The molecule has 0 amide bonds. The number of aryl methyl sites for hydroxylation is 1. The molecule has 2 aromatic rings. The van der Waals surface area contributed by atoms with Crippen molar-refractivity contribution in [1.82, 2.24) is 24.9 Å². The standard InChI is InChI=1S/C8H10ClN5O2S2/c1-4(6-10-3-11-13-6)14-18(15,16)7-5(2)12-8(9)17-7/h3-4,14H,1-2H3,(H,10,11,13). The van der Waals surface area contributed by atoms with Crippen LogP contribution in [0, 0.1) is 6.92 Å². The topological polar surface area (TPSA) is 101 Å². The van der Waals surface area contributed by atoms with Crippen molar-refractivity contribution in [1.29, 1.82) is 0 Å². The van der Waals surface area contributed by atoms with Crippen LogP contribution in [-0.2, 0) is 10.0 Å². The highest BCUT2D eigenvalue weighted by atomic mass is 35.5. The van der Waals surface area contributed by atoms with Crippen LogP contribution >= 0.6 is 22.9 Å². The SMILES string of the molecule is Cc1nc(Cl)sc1S(=O)(=O)NC(C)c1ncn[nH]1. The van der Waals surface area contributed by atoms with Gasteiger partial charge in [0.2, 0.25) is 0 Å². The van der Waals surface area contributed by atoms with Gasteiger partial charge in [0.05, 0.1) is 11.7 Å². The van der Waals surface area contributed by atoms with E-state index in [-0.39, 0.29) is 8.68 Å². The second-order valence-electron chi connectivity index (χ2n) is 3.55. The number of thiazole rings is 1. The minimum absolute atomic E-state index is 0.110. The van der Waals surface area contributed by atoms with Gasteiger partial charge in [-0.3, -0.25) is 5.10 Å². The van der Waals surface area contributed by atoms with Crippen molar-refractivity contribution in [2.75, 3.05) is 0 Å². The summed E-state index contributed by atoms with van der Waals surface area (Å²) in [6.07, 6.45) is 1.31. The lowest BCUT2D eigenvalue weighted by Crippen LogP contribution is -2.27. The van der Waals surface area contributed by atoms with E-state index >= 15 is 0 Å². The summed E-state index contributed by atoms with van der Waals surface area (Å²) in [5, 5.41) is 6.27. The Kier molecular flexibility index (Phi) is 3.66. The molecule has 0 aliphatic carbocycles. The van der Waals surface area contributed by atoms with E-state index in [1.807, 2.05) is 0 Å². The van der Waals surface area contributed by atoms with Crippen LogP contribution in [0.3, 0.4) is 0 Å². The van der Waals surface area contributed by atoms with Crippen molar-refractivity contribution in [2.24, 2.45) is 0 Å². The number of aromatic amines is 1. The molecule has 1 unspecified atom stereocenters. The average Bonchev–Trinajstić information content (AvgIpc) is 2.86. The molecule has 0 spiro atoms. The Bertz CT molecular complexity index is 637. The molecule has 2 N–H and O–H groups in total. The predicted molar refractivity (Wildman–Crippen MR) is 67.0 cm³/mol. The molecule has 2 aromatic heterocycles.